The van der Waals surface area contributed by atoms with Gasteiger partial charge in [0.05, 0.1) is 6.54 Å². The van der Waals surface area contributed by atoms with Crippen molar-refractivity contribution >= 4 is 17.6 Å². The highest BCUT2D eigenvalue weighted by Gasteiger charge is 2.44. The smallest absolute Gasteiger partial charge is 0.323 e. The molecule has 0 radical (unpaired) electrons. The summed E-state index contributed by atoms with van der Waals surface area (Å²) in [7, 11) is 0. The Balaban J connectivity index is 2.00. The van der Waals surface area contributed by atoms with Crippen LogP contribution in [0.4, 0.5) is 10.1 Å². The molecule has 6 heteroatoms. The average molecular weight is 294 g/mol. The minimum Gasteiger partial charge on any atom is -0.480 e. The lowest BCUT2D eigenvalue weighted by Crippen LogP contribution is -2.59. The van der Waals surface area contributed by atoms with E-state index in [1.807, 2.05) is 6.92 Å². The predicted octanol–water partition coefficient (Wildman–Crippen LogP) is 1.78. The second kappa shape index (κ2) is 6.22. The van der Waals surface area contributed by atoms with E-state index in [1.54, 1.807) is 0 Å². The summed E-state index contributed by atoms with van der Waals surface area (Å²) in [4.78, 5) is 25.0. The highest BCUT2D eigenvalue weighted by Crippen LogP contribution is 2.31. The van der Waals surface area contributed by atoms with Crippen molar-refractivity contribution in [1.29, 1.82) is 0 Å². The van der Waals surface area contributed by atoms with Crippen LogP contribution in [0.3, 0.4) is 0 Å². The van der Waals surface area contributed by atoms with Crippen LogP contribution in [0.5, 0.6) is 0 Å². The summed E-state index contributed by atoms with van der Waals surface area (Å²) in [5, 5.41) is 12.1. The topological polar surface area (TPSA) is 69.6 Å². The number of likely N-dealkylation sites (N-methyl/N-ethyl adjacent to an activating group) is 1. The van der Waals surface area contributed by atoms with Gasteiger partial charge in [-0.05, 0) is 50.5 Å². The van der Waals surface area contributed by atoms with E-state index in [0.29, 0.717) is 25.1 Å². The van der Waals surface area contributed by atoms with Gasteiger partial charge < -0.3 is 10.0 Å². The van der Waals surface area contributed by atoms with Gasteiger partial charge in [0.1, 0.15) is 11.4 Å². The van der Waals surface area contributed by atoms with Crippen molar-refractivity contribution in [2.75, 3.05) is 18.0 Å². The lowest BCUT2D eigenvalue weighted by Gasteiger charge is -2.38. The monoisotopic (exact) mass is 294 g/mol. The predicted molar refractivity (Wildman–Crippen MR) is 76.6 cm³/mol. The van der Waals surface area contributed by atoms with Gasteiger partial charge in [-0.1, -0.05) is 0 Å². The van der Waals surface area contributed by atoms with Crippen molar-refractivity contribution in [3.8, 4) is 0 Å². The summed E-state index contributed by atoms with van der Waals surface area (Å²) < 4.78 is 12.9. The zero-order valence-electron chi connectivity index (χ0n) is 11.9. The van der Waals surface area contributed by atoms with Gasteiger partial charge in [0, 0.05) is 12.2 Å². The number of aliphatic carboxylic acids is 1. The molecule has 0 spiro atoms. The van der Waals surface area contributed by atoms with Crippen molar-refractivity contribution in [3.63, 3.8) is 0 Å². The molecule has 2 rings (SSSR count). The standard InChI is InChI=1S/C15H19FN2O3/c1-2-18(12-6-4-11(16)5-7-12)13(19)10-17-15(14(20)21)8-3-9-15/h4-7,17H,2-3,8-10H2,1H3,(H,20,21). The number of anilines is 1. The van der Waals surface area contributed by atoms with E-state index < -0.39 is 11.5 Å². The number of rotatable bonds is 6. The van der Waals surface area contributed by atoms with Crippen LogP contribution in [-0.2, 0) is 9.59 Å². The largest absolute Gasteiger partial charge is 0.480 e. The van der Waals surface area contributed by atoms with Crippen LogP contribution in [0.25, 0.3) is 0 Å². The fourth-order valence-electron chi connectivity index (χ4n) is 2.46. The zero-order valence-corrected chi connectivity index (χ0v) is 11.9. The first-order chi connectivity index (χ1) is 9.98. The number of nitrogens with one attached hydrogen (secondary N) is 1. The van der Waals surface area contributed by atoms with Crippen molar-refractivity contribution < 1.29 is 19.1 Å². The number of nitrogens with zero attached hydrogens (tertiary/aromatic N) is 1. The Morgan fingerprint density at radius 3 is 2.38 bits per heavy atom. The maximum atomic E-state index is 12.9. The summed E-state index contributed by atoms with van der Waals surface area (Å²) >= 11 is 0. The lowest BCUT2D eigenvalue weighted by molar-refractivity contribution is -0.148. The Bertz CT molecular complexity index is 526. The Morgan fingerprint density at radius 2 is 1.95 bits per heavy atom. The molecule has 1 aromatic rings. The Hall–Kier alpha value is -1.95. The summed E-state index contributed by atoms with van der Waals surface area (Å²) in [6.45, 7) is 2.21. The molecule has 21 heavy (non-hydrogen) atoms. The summed E-state index contributed by atoms with van der Waals surface area (Å²) in [5.41, 5.74) is -0.360. The first kappa shape index (κ1) is 15.4. The minimum atomic E-state index is -0.960. The third-order valence-corrected chi connectivity index (χ3v) is 3.95. The number of carbonyl (C=O) groups excluding carboxylic acids is 1. The molecular formula is C15H19FN2O3. The highest BCUT2D eigenvalue weighted by molar-refractivity contribution is 5.95. The molecule has 0 heterocycles. The van der Waals surface area contributed by atoms with Crippen LogP contribution >= 0.6 is 0 Å². The molecule has 1 fully saturated rings. The van der Waals surface area contributed by atoms with E-state index in [9.17, 15) is 19.1 Å². The van der Waals surface area contributed by atoms with Gasteiger partial charge in [-0.15, -0.1) is 0 Å². The third-order valence-electron chi connectivity index (χ3n) is 3.95. The number of hydrogen-bond acceptors (Lipinski definition) is 3. The van der Waals surface area contributed by atoms with Crippen molar-refractivity contribution in [2.45, 2.75) is 31.7 Å². The molecule has 0 aliphatic heterocycles. The Morgan fingerprint density at radius 1 is 1.33 bits per heavy atom. The maximum absolute atomic E-state index is 12.9. The van der Waals surface area contributed by atoms with E-state index in [2.05, 4.69) is 5.32 Å². The van der Waals surface area contributed by atoms with Gasteiger partial charge in [-0.3, -0.25) is 14.9 Å². The van der Waals surface area contributed by atoms with Crippen LogP contribution < -0.4 is 10.2 Å². The van der Waals surface area contributed by atoms with Crippen LogP contribution in [-0.4, -0.2) is 35.6 Å². The molecule has 5 nitrogen and oxygen atoms in total. The number of amides is 1. The molecule has 1 aromatic carbocycles. The van der Waals surface area contributed by atoms with Gasteiger partial charge in [0.2, 0.25) is 5.91 Å². The first-order valence-electron chi connectivity index (χ1n) is 7.03. The fourth-order valence-corrected chi connectivity index (χ4v) is 2.46. The fraction of sp³-hybridized carbons (Fsp3) is 0.467. The molecule has 2 N–H and O–H groups in total. The minimum absolute atomic E-state index is 0.0441. The van der Waals surface area contributed by atoms with Gasteiger partial charge in [-0.2, -0.15) is 0 Å². The SMILES string of the molecule is CCN(C(=O)CNC1(C(=O)O)CCC1)c1ccc(F)cc1. The van der Waals surface area contributed by atoms with E-state index in [0.717, 1.165) is 6.42 Å². The normalized spacial score (nSPS) is 16.1. The highest BCUT2D eigenvalue weighted by atomic mass is 19.1. The number of benzene rings is 1. The summed E-state index contributed by atoms with van der Waals surface area (Å²) in [6.07, 6.45) is 1.93. The number of hydrogen-bond donors (Lipinski definition) is 2. The summed E-state index contributed by atoms with van der Waals surface area (Å²) in [6, 6.07) is 5.66. The molecule has 1 amide bonds. The van der Waals surface area contributed by atoms with E-state index in [1.165, 1.54) is 29.2 Å². The van der Waals surface area contributed by atoms with Crippen molar-refractivity contribution in [2.24, 2.45) is 0 Å². The van der Waals surface area contributed by atoms with Gasteiger partial charge in [0.15, 0.2) is 0 Å². The molecule has 0 unspecified atom stereocenters. The lowest BCUT2D eigenvalue weighted by atomic mass is 9.77. The summed E-state index contributed by atoms with van der Waals surface area (Å²) in [5.74, 6) is -1.50. The zero-order chi connectivity index (χ0) is 15.5. The van der Waals surface area contributed by atoms with Crippen LogP contribution in [0, 0.1) is 5.82 Å². The number of carboxylic acid groups (broad SMARTS) is 1. The number of carboxylic acids is 1. The maximum Gasteiger partial charge on any atom is 0.323 e. The van der Waals surface area contributed by atoms with E-state index in [-0.39, 0.29) is 18.3 Å². The Labute approximate surface area is 122 Å². The Kier molecular flexibility index (Phi) is 4.57. The molecule has 1 saturated carbocycles. The van der Waals surface area contributed by atoms with E-state index in [4.69, 9.17) is 0 Å². The van der Waals surface area contributed by atoms with E-state index >= 15 is 0 Å². The molecule has 0 atom stereocenters. The molecule has 114 valence electrons. The second-order valence-electron chi connectivity index (χ2n) is 5.21. The average Bonchev–Trinajstić information content (AvgIpc) is 2.40. The van der Waals surface area contributed by atoms with Crippen LogP contribution in [0.1, 0.15) is 26.2 Å². The molecule has 1 aliphatic carbocycles. The van der Waals surface area contributed by atoms with Gasteiger partial charge in [-0.25, -0.2) is 4.39 Å². The molecule has 0 saturated heterocycles. The molecule has 0 bridgehead atoms. The second-order valence-corrected chi connectivity index (χ2v) is 5.21. The molecular weight excluding hydrogens is 275 g/mol. The molecule has 0 aromatic heterocycles. The quantitative estimate of drug-likeness (QED) is 0.839. The number of carbonyl (C=O) groups is 2. The number of halogens is 1. The van der Waals surface area contributed by atoms with Crippen LogP contribution in [0.2, 0.25) is 0 Å². The first-order valence-corrected chi connectivity index (χ1v) is 7.03. The van der Waals surface area contributed by atoms with Crippen molar-refractivity contribution in [3.05, 3.63) is 30.1 Å². The molecule has 1 aliphatic rings. The van der Waals surface area contributed by atoms with Gasteiger partial charge in [0.25, 0.3) is 0 Å². The van der Waals surface area contributed by atoms with Crippen molar-refractivity contribution in [1.82, 2.24) is 5.32 Å². The van der Waals surface area contributed by atoms with Crippen LogP contribution in [0.15, 0.2) is 24.3 Å². The third kappa shape index (κ3) is 3.21. The van der Waals surface area contributed by atoms with Gasteiger partial charge >= 0.3 is 5.97 Å².